The molecular weight excluding hydrogens is 362 g/mol. The zero-order valence-corrected chi connectivity index (χ0v) is 17.5. The fourth-order valence-electron chi connectivity index (χ4n) is 4.85. The molecule has 158 valence electrons. The van der Waals surface area contributed by atoms with Crippen LogP contribution in [0, 0.1) is 17.3 Å². The summed E-state index contributed by atoms with van der Waals surface area (Å²) in [5, 5.41) is 12.4. The van der Waals surface area contributed by atoms with E-state index < -0.39 is 29.7 Å². The Kier molecular flexibility index (Phi) is 5.38. The molecule has 0 bridgehead atoms. The second kappa shape index (κ2) is 7.21. The Balaban J connectivity index is 1.74. The summed E-state index contributed by atoms with van der Waals surface area (Å²) in [6.07, 6.45) is 1.47. The Bertz CT molecular complexity index is 651. The van der Waals surface area contributed by atoms with Gasteiger partial charge in [-0.1, -0.05) is 13.8 Å². The van der Waals surface area contributed by atoms with E-state index >= 15 is 0 Å². The second-order valence-electron chi connectivity index (χ2n) is 9.93. The first kappa shape index (κ1) is 20.9. The predicted molar refractivity (Wildman–Crippen MR) is 103 cm³/mol. The highest BCUT2D eigenvalue weighted by atomic mass is 16.6. The van der Waals surface area contributed by atoms with Crippen LogP contribution < -0.4 is 5.32 Å². The molecule has 2 N–H and O–H groups in total. The Morgan fingerprint density at radius 1 is 1.21 bits per heavy atom. The number of piperidine rings is 1. The summed E-state index contributed by atoms with van der Waals surface area (Å²) in [6.45, 7) is 12.0. The van der Waals surface area contributed by atoms with Crippen LogP contribution in [0.3, 0.4) is 0 Å². The van der Waals surface area contributed by atoms with Crippen molar-refractivity contribution in [3.05, 3.63) is 0 Å². The monoisotopic (exact) mass is 395 g/mol. The molecular formula is C20H33N3O5. The number of hydrogen-bond donors (Lipinski definition) is 2. The van der Waals surface area contributed by atoms with Crippen molar-refractivity contribution in [1.82, 2.24) is 15.1 Å². The molecule has 0 aromatic carbocycles. The Hall–Kier alpha value is -1.83. The van der Waals surface area contributed by atoms with Crippen LogP contribution in [0.2, 0.25) is 0 Å². The molecule has 28 heavy (non-hydrogen) atoms. The number of ether oxygens (including phenoxy) is 1. The number of fused-ring (bicyclic) bond motifs is 1. The lowest BCUT2D eigenvalue weighted by molar-refractivity contribution is -0.151. The van der Waals surface area contributed by atoms with E-state index in [1.165, 1.54) is 4.90 Å². The first-order valence-corrected chi connectivity index (χ1v) is 10.2. The predicted octanol–water partition coefficient (Wildman–Crippen LogP) is 1.54. The van der Waals surface area contributed by atoms with E-state index in [0.717, 1.165) is 25.9 Å². The van der Waals surface area contributed by atoms with Gasteiger partial charge in [-0.2, -0.15) is 0 Å². The van der Waals surface area contributed by atoms with Gasteiger partial charge in [-0.15, -0.1) is 0 Å². The van der Waals surface area contributed by atoms with E-state index in [0.29, 0.717) is 13.1 Å². The normalized spacial score (nSPS) is 29.9. The van der Waals surface area contributed by atoms with Crippen LogP contribution in [0.4, 0.5) is 4.79 Å². The minimum absolute atomic E-state index is 0.0251. The largest absolute Gasteiger partial charge is 0.480 e. The number of nitrogens with one attached hydrogen (secondary N) is 1. The number of rotatable bonds is 5. The quantitative estimate of drug-likeness (QED) is 0.733. The number of aliphatic carboxylic acids is 1. The summed E-state index contributed by atoms with van der Waals surface area (Å²) >= 11 is 0. The molecule has 1 saturated carbocycles. The summed E-state index contributed by atoms with van der Waals surface area (Å²) in [5.41, 5.74) is -0.725. The third-order valence-electron chi connectivity index (χ3n) is 6.37. The van der Waals surface area contributed by atoms with Crippen molar-refractivity contribution in [2.24, 2.45) is 17.3 Å². The van der Waals surface area contributed by atoms with Gasteiger partial charge in [0.25, 0.3) is 0 Å². The standard InChI is InChI=1S/C20H33N3O5/c1-19(2,3)28-18(27)21-13(11-22-8-6-7-9-22)16(24)23-10-12-14(20(12,4)5)15(23)17(25)26/h12-15H,6-11H2,1-5H3,(H,21,27)(H,25,26)/t12-,13?,14-,15-/m0/s1. The van der Waals surface area contributed by atoms with Gasteiger partial charge in [0.1, 0.15) is 17.7 Å². The van der Waals surface area contributed by atoms with E-state index in [9.17, 15) is 19.5 Å². The summed E-state index contributed by atoms with van der Waals surface area (Å²) in [4.78, 5) is 41.1. The highest BCUT2D eigenvalue weighted by Gasteiger charge is 2.69. The Labute approximate surface area is 166 Å². The second-order valence-corrected chi connectivity index (χ2v) is 9.93. The molecule has 0 radical (unpaired) electrons. The molecule has 4 atom stereocenters. The van der Waals surface area contributed by atoms with Crippen LogP contribution in [0.25, 0.3) is 0 Å². The Morgan fingerprint density at radius 3 is 2.36 bits per heavy atom. The van der Waals surface area contributed by atoms with E-state index in [1.54, 1.807) is 20.8 Å². The van der Waals surface area contributed by atoms with Crippen molar-refractivity contribution in [3.8, 4) is 0 Å². The van der Waals surface area contributed by atoms with Gasteiger partial charge in [0, 0.05) is 19.0 Å². The molecule has 0 aromatic heterocycles. The number of alkyl carbamates (subject to hydrolysis) is 1. The lowest BCUT2D eigenvalue weighted by atomic mass is 10.0. The molecule has 1 aliphatic carbocycles. The van der Waals surface area contributed by atoms with Gasteiger partial charge < -0.3 is 25.0 Å². The Morgan fingerprint density at radius 2 is 1.82 bits per heavy atom. The van der Waals surface area contributed by atoms with Crippen molar-refractivity contribution >= 4 is 18.0 Å². The number of carboxylic acids is 1. The van der Waals surface area contributed by atoms with Gasteiger partial charge in [0.05, 0.1) is 0 Å². The highest BCUT2D eigenvalue weighted by molar-refractivity contribution is 5.91. The van der Waals surface area contributed by atoms with E-state index in [4.69, 9.17) is 4.74 Å². The molecule has 3 fully saturated rings. The molecule has 2 saturated heterocycles. The molecule has 8 nitrogen and oxygen atoms in total. The van der Waals surface area contributed by atoms with Crippen LogP contribution in [0.15, 0.2) is 0 Å². The minimum Gasteiger partial charge on any atom is -0.480 e. The highest BCUT2D eigenvalue weighted by Crippen LogP contribution is 2.64. The van der Waals surface area contributed by atoms with Crippen LogP contribution >= 0.6 is 0 Å². The van der Waals surface area contributed by atoms with E-state index in [-0.39, 0.29) is 23.2 Å². The molecule has 3 aliphatic rings. The zero-order chi connectivity index (χ0) is 20.9. The number of amides is 2. The van der Waals surface area contributed by atoms with Gasteiger partial charge >= 0.3 is 12.1 Å². The first-order chi connectivity index (χ1) is 12.9. The topological polar surface area (TPSA) is 99.2 Å². The maximum Gasteiger partial charge on any atom is 0.408 e. The molecule has 8 heteroatoms. The molecule has 0 aromatic rings. The summed E-state index contributed by atoms with van der Waals surface area (Å²) in [5.74, 6) is -1.12. The van der Waals surface area contributed by atoms with Crippen LogP contribution in [0.5, 0.6) is 0 Å². The maximum absolute atomic E-state index is 13.3. The average molecular weight is 396 g/mol. The maximum atomic E-state index is 13.3. The number of carbonyl (C=O) groups is 3. The third-order valence-corrected chi connectivity index (χ3v) is 6.37. The number of carbonyl (C=O) groups excluding carboxylic acids is 2. The fourth-order valence-corrected chi connectivity index (χ4v) is 4.85. The van der Waals surface area contributed by atoms with Crippen LogP contribution in [0.1, 0.15) is 47.5 Å². The number of hydrogen-bond acceptors (Lipinski definition) is 5. The lowest BCUT2D eigenvalue weighted by Gasteiger charge is -2.33. The number of likely N-dealkylation sites (tertiary alicyclic amines) is 2. The van der Waals surface area contributed by atoms with Crippen molar-refractivity contribution in [3.63, 3.8) is 0 Å². The van der Waals surface area contributed by atoms with Gasteiger partial charge in [-0.25, -0.2) is 9.59 Å². The van der Waals surface area contributed by atoms with Gasteiger partial charge in [-0.05, 0) is 58.0 Å². The molecule has 2 amide bonds. The van der Waals surface area contributed by atoms with Crippen molar-refractivity contribution in [2.75, 3.05) is 26.2 Å². The number of carboxylic acid groups (broad SMARTS) is 1. The lowest BCUT2D eigenvalue weighted by Crippen LogP contribution is -2.57. The molecule has 0 spiro atoms. The summed E-state index contributed by atoms with van der Waals surface area (Å²) in [7, 11) is 0. The van der Waals surface area contributed by atoms with Crippen molar-refractivity contribution < 1.29 is 24.2 Å². The average Bonchev–Trinajstić information content (AvgIpc) is 2.99. The molecule has 2 aliphatic heterocycles. The van der Waals surface area contributed by atoms with Crippen LogP contribution in [-0.2, 0) is 14.3 Å². The van der Waals surface area contributed by atoms with Crippen molar-refractivity contribution in [1.29, 1.82) is 0 Å². The van der Waals surface area contributed by atoms with E-state index in [2.05, 4.69) is 24.1 Å². The SMILES string of the molecule is CC(C)(C)OC(=O)NC(CN1CCCC1)C(=O)N1C[C@H]2[C@@H]([C@H]1C(=O)O)C2(C)C. The molecule has 3 rings (SSSR count). The number of nitrogens with zero attached hydrogens (tertiary/aromatic N) is 2. The van der Waals surface area contributed by atoms with Crippen molar-refractivity contribution in [2.45, 2.75) is 65.1 Å². The molecule has 1 unspecified atom stereocenters. The van der Waals surface area contributed by atoms with Gasteiger partial charge in [0.2, 0.25) is 5.91 Å². The first-order valence-electron chi connectivity index (χ1n) is 10.2. The molecule has 2 heterocycles. The van der Waals surface area contributed by atoms with Crippen LogP contribution in [-0.4, -0.2) is 76.7 Å². The van der Waals surface area contributed by atoms with E-state index in [1.807, 2.05) is 0 Å². The van der Waals surface area contributed by atoms with Gasteiger partial charge in [0.15, 0.2) is 0 Å². The smallest absolute Gasteiger partial charge is 0.408 e. The third kappa shape index (κ3) is 4.11. The summed E-state index contributed by atoms with van der Waals surface area (Å²) in [6, 6.07) is -1.63. The fraction of sp³-hybridized carbons (Fsp3) is 0.850. The minimum atomic E-state index is -0.969. The zero-order valence-electron chi connectivity index (χ0n) is 17.5. The summed E-state index contributed by atoms with van der Waals surface area (Å²) < 4.78 is 5.33. The van der Waals surface area contributed by atoms with Gasteiger partial charge in [-0.3, -0.25) is 4.79 Å².